The van der Waals surface area contributed by atoms with E-state index >= 15 is 0 Å². The van der Waals surface area contributed by atoms with Crippen molar-refractivity contribution < 1.29 is 4.79 Å². The Morgan fingerprint density at radius 1 is 1.00 bits per heavy atom. The summed E-state index contributed by atoms with van der Waals surface area (Å²) in [6.45, 7) is 3.19. The number of piperidine rings is 1. The average Bonchev–Trinajstić information content (AvgIpc) is 2.91. The molecule has 3 nitrogen and oxygen atoms in total. The molecule has 1 saturated heterocycles. The summed E-state index contributed by atoms with van der Waals surface area (Å²) in [6, 6.07) is 0. The van der Waals surface area contributed by atoms with Crippen molar-refractivity contribution in [3.05, 3.63) is 0 Å². The summed E-state index contributed by atoms with van der Waals surface area (Å²) in [7, 11) is 0. The second kappa shape index (κ2) is 7.78. The summed E-state index contributed by atoms with van der Waals surface area (Å²) in [4.78, 5) is 11.7. The molecule has 0 unspecified atom stereocenters. The SMILES string of the molecule is O=C(CCC1CCCC1)NCCC1CCNCC1. The van der Waals surface area contributed by atoms with Gasteiger partial charge in [-0.2, -0.15) is 0 Å². The number of hydrogen-bond acceptors (Lipinski definition) is 2. The van der Waals surface area contributed by atoms with Gasteiger partial charge in [-0.15, -0.1) is 0 Å². The van der Waals surface area contributed by atoms with Crippen LogP contribution in [0.1, 0.15) is 57.8 Å². The lowest BCUT2D eigenvalue weighted by Crippen LogP contribution is -2.31. The second-order valence-electron chi connectivity index (χ2n) is 6.02. The molecule has 3 heteroatoms. The van der Waals surface area contributed by atoms with Crippen LogP contribution in [0.2, 0.25) is 0 Å². The third kappa shape index (κ3) is 4.97. The van der Waals surface area contributed by atoms with E-state index in [0.29, 0.717) is 0 Å². The molecule has 2 rings (SSSR count). The van der Waals surface area contributed by atoms with E-state index in [-0.39, 0.29) is 5.91 Å². The Balaban J connectivity index is 1.48. The van der Waals surface area contributed by atoms with Gasteiger partial charge in [-0.1, -0.05) is 25.7 Å². The molecular formula is C15H28N2O. The Morgan fingerprint density at radius 3 is 2.39 bits per heavy atom. The largest absolute Gasteiger partial charge is 0.356 e. The van der Waals surface area contributed by atoms with Gasteiger partial charge in [0.05, 0.1) is 0 Å². The first-order valence-electron chi connectivity index (χ1n) is 7.82. The molecule has 0 aromatic carbocycles. The molecule has 1 aliphatic carbocycles. The lowest BCUT2D eigenvalue weighted by Gasteiger charge is -2.22. The molecule has 0 aromatic heterocycles. The topological polar surface area (TPSA) is 41.1 Å². The summed E-state index contributed by atoms with van der Waals surface area (Å²) in [5.41, 5.74) is 0. The van der Waals surface area contributed by atoms with Gasteiger partial charge >= 0.3 is 0 Å². The monoisotopic (exact) mass is 252 g/mol. The minimum atomic E-state index is 0.274. The van der Waals surface area contributed by atoms with Gasteiger partial charge in [-0.3, -0.25) is 4.79 Å². The van der Waals surface area contributed by atoms with E-state index in [1.54, 1.807) is 0 Å². The van der Waals surface area contributed by atoms with Crippen molar-refractivity contribution >= 4 is 5.91 Å². The summed E-state index contributed by atoms with van der Waals surface area (Å²) in [5, 5.41) is 6.47. The van der Waals surface area contributed by atoms with Gasteiger partial charge in [0.25, 0.3) is 0 Å². The molecule has 0 atom stereocenters. The van der Waals surface area contributed by atoms with Crippen LogP contribution in [-0.4, -0.2) is 25.5 Å². The van der Waals surface area contributed by atoms with E-state index < -0.39 is 0 Å². The van der Waals surface area contributed by atoms with Gasteiger partial charge in [-0.25, -0.2) is 0 Å². The highest BCUT2D eigenvalue weighted by Gasteiger charge is 2.16. The number of nitrogens with one attached hydrogen (secondary N) is 2. The van der Waals surface area contributed by atoms with E-state index in [0.717, 1.165) is 50.7 Å². The molecule has 1 heterocycles. The Hall–Kier alpha value is -0.570. The van der Waals surface area contributed by atoms with Crippen molar-refractivity contribution in [1.29, 1.82) is 0 Å². The van der Waals surface area contributed by atoms with Crippen LogP contribution in [0, 0.1) is 11.8 Å². The number of carbonyl (C=O) groups is 1. The van der Waals surface area contributed by atoms with Gasteiger partial charge in [0, 0.05) is 13.0 Å². The van der Waals surface area contributed by atoms with Crippen molar-refractivity contribution in [2.24, 2.45) is 11.8 Å². The van der Waals surface area contributed by atoms with Crippen molar-refractivity contribution in [1.82, 2.24) is 10.6 Å². The third-order valence-corrected chi connectivity index (χ3v) is 4.59. The van der Waals surface area contributed by atoms with Gasteiger partial charge in [-0.05, 0) is 50.6 Å². The minimum absolute atomic E-state index is 0.274. The zero-order valence-electron chi connectivity index (χ0n) is 11.5. The maximum absolute atomic E-state index is 11.7. The molecular weight excluding hydrogens is 224 g/mol. The van der Waals surface area contributed by atoms with Crippen LogP contribution in [0.25, 0.3) is 0 Å². The molecule has 18 heavy (non-hydrogen) atoms. The summed E-state index contributed by atoms with van der Waals surface area (Å²) in [5.74, 6) is 1.93. The molecule has 1 saturated carbocycles. The normalized spacial score (nSPS) is 22.2. The number of carbonyl (C=O) groups excluding carboxylic acids is 1. The predicted molar refractivity (Wildman–Crippen MR) is 74.4 cm³/mol. The van der Waals surface area contributed by atoms with E-state index in [9.17, 15) is 4.79 Å². The molecule has 1 aliphatic heterocycles. The molecule has 0 bridgehead atoms. The minimum Gasteiger partial charge on any atom is -0.356 e. The van der Waals surface area contributed by atoms with Gasteiger partial charge in [0.1, 0.15) is 0 Å². The lowest BCUT2D eigenvalue weighted by atomic mass is 9.95. The molecule has 0 aromatic rings. The van der Waals surface area contributed by atoms with Gasteiger partial charge in [0.2, 0.25) is 5.91 Å². The molecule has 2 fully saturated rings. The van der Waals surface area contributed by atoms with Crippen molar-refractivity contribution in [2.45, 2.75) is 57.8 Å². The average molecular weight is 252 g/mol. The molecule has 0 spiro atoms. The molecule has 104 valence electrons. The lowest BCUT2D eigenvalue weighted by molar-refractivity contribution is -0.121. The number of amides is 1. The molecule has 2 aliphatic rings. The van der Waals surface area contributed by atoms with Crippen LogP contribution >= 0.6 is 0 Å². The standard InChI is InChI=1S/C15H28N2O/c18-15(6-5-13-3-1-2-4-13)17-12-9-14-7-10-16-11-8-14/h13-14,16H,1-12H2,(H,17,18). The maximum atomic E-state index is 11.7. The first kappa shape index (κ1) is 13.9. The fraction of sp³-hybridized carbons (Fsp3) is 0.933. The van der Waals surface area contributed by atoms with Crippen LogP contribution in [-0.2, 0) is 4.79 Å². The maximum Gasteiger partial charge on any atom is 0.220 e. The van der Waals surface area contributed by atoms with Crippen molar-refractivity contribution in [3.63, 3.8) is 0 Å². The Morgan fingerprint density at radius 2 is 1.67 bits per heavy atom. The van der Waals surface area contributed by atoms with Crippen LogP contribution in [0.5, 0.6) is 0 Å². The van der Waals surface area contributed by atoms with E-state index in [1.165, 1.54) is 38.5 Å². The first-order valence-corrected chi connectivity index (χ1v) is 7.82. The van der Waals surface area contributed by atoms with Crippen molar-refractivity contribution in [2.75, 3.05) is 19.6 Å². The summed E-state index contributed by atoms with van der Waals surface area (Å²) >= 11 is 0. The van der Waals surface area contributed by atoms with Gasteiger partial charge in [0.15, 0.2) is 0 Å². The van der Waals surface area contributed by atoms with Gasteiger partial charge < -0.3 is 10.6 Å². The quantitative estimate of drug-likeness (QED) is 0.762. The van der Waals surface area contributed by atoms with Crippen LogP contribution in [0.15, 0.2) is 0 Å². The highest BCUT2D eigenvalue weighted by Crippen LogP contribution is 2.28. The zero-order valence-corrected chi connectivity index (χ0v) is 11.5. The summed E-state index contributed by atoms with van der Waals surface area (Å²) < 4.78 is 0. The smallest absolute Gasteiger partial charge is 0.220 e. The predicted octanol–water partition coefficient (Wildman–Crippen LogP) is 2.46. The Bertz CT molecular complexity index is 243. The van der Waals surface area contributed by atoms with E-state index in [4.69, 9.17) is 0 Å². The number of rotatable bonds is 6. The number of hydrogen-bond donors (Lipinski definition) is 2. The third-order valence-electron chi connectivity index (χ3n) is 4.59. The summed E-state index contributed by atoms with van der Waals surface area (Å²) in [6.07, 6.45) is 11.0. The highest BCUT2D eigenvalue weighted by molar-refractivity contribution is 5.75. The molecule has 0 radical (unpaired) electrons. The second-order valence-corrected chi connectivity index (χ2v) is 6.02. The van der Waals surface area contributed by atoms with Crippen LogP contribution in [0.4, 0.5) is 0 Å². The first-order chi connectivity index (χ1) is 8.84. The van der Waals surface area contributed by atoms with Crippen molar-refractivity contribution in [3.8, 4) is 0 Å². The molecule has 2 N–H and O–H groups in total. The van der Waals surface area contributed by atoms with Crippen LogP contribution < -0.4 is 10.6 Å². The highest BCUT2D eigenvalue weighted by atomic mass is 16.1. The van der Waals surface area contributed by atoms with Crippen LogP contribution in [0.3, 0.4) is 0 Å². The zero-order chi connectivity index (χ0) is 12.6. The Labute approximate surface area is 111 Å². The Kier molecular flexibility index (Phi) is 5.98. The van der Waals surface area contributed by atoms with E-state index in [1.807, 2.05) is 0 Å². The fourth-order valence-electron chi connectivity index (χ4n) is 3.31. The molecule has 1 amide bonds. The fourth-order valence-corrected chi connectivity index (χ4v) is 3.31. The van der Waals surface area contributed by atoms with E-state index in [2.05, 4.69) is 10.6 Å².